The lowest BCUT2D eigenvalue weighted by Crippen LogP contribution is -2.34. The standard InChI is InChI=1S/C16H25N3S/c1-4-7-17-15(9-13-6-8-20-12-13)11-16-10-14(5-2)18-19(16)3/h6,8,10,12,15,17H,4-5,7,9,11H2,1-3H3. The van der Waals surface area contributed by atoms with Crippen molar-refractivity contribution in [1.29, 1.82) is 0 Å². The molecule has 2 rings (SSSR count). The van der Waals surface area contributed by atoms with Gasteiger partial charge in [-0.15, -0.1) is 0 Å². The molecule has 0 aliphatic heterocycles. The normalized spacial score (nSPS) is 12.8. The first-order valence-corrected chi connectivity index (χ1v) is 8.43. The number of aromatic nitrogens is 2. The minimum atomic E-state index is 0.490. The molecule has 1 atom stereocenters. The zero-order chi connectivity index (χ0) is 14.4. The Labute approximate surface area is 126 Å². The van der Waals surface area contributed by atoms with E-state index in [1.54, 1.807) is 11.3 Å². The van der Waals surface area contributed by atoms with Gasteiger partial charge in [-0.25, -0.2) is 0 Å². The molecule has 20 heavy (non-hydrogen) atoms. The molecule has 0 spiro atoms. The fourth-order valence-electron chi connectivity index (χ4n) is 2.45. The number of nitrogens with zero attached hydrogens (tertiary/aromatic N) is 2. The van der Waals surface area contributed by atoms with Crippen molar-refractivity contribution < 1.29 is 0 Å². The van der Waals surface area contributed by atoms with E-state index in [0.29, 0.717) is 6.04 Å². The van der Waals surface area contributed by atoms with Crippen LogP contribution in [0.1, 0.15) is 37.2 Å². The minimum Gasteiger partial charge on any atom is -0.313 e. The van der Waals surface area contributed by atoms with Crippen molar-refractivity contribution in [3.63, 3.8) is 0 Å². The molecule has 0 radical (unpaired) electrons. The average molecular weight is 291 g/mol. The Morgan fingerprint density at radius 3 is 2.80 bits per heavy atom. The summed E-state index contributed by atoms with van der Waals surface area (Å²) in [6.07, 6.45) is 4.31. The summed E-state index contributed by atoms with van der Waals surface area (Å²) in [7, 11) is 2.05. The molecule has 2 aromatic rings. The highest BCUT2D eigenvalue weighted by molar-refractivity contribution is 7.07. The molecule has 0 bridgehead atoms. The SMILES string of the molecule is CCCNC(Cc1ccsc1)Cc1cc(CC)nn1C. The van der Waals surface area contributed by atoms with Gasteiger partial charge >= 0.3 is 0 Å². The molecule has 0 amide bonds. The fraction of sp³-hybridized carbons (Fsp3) is 0.562. The summed E-state index contributed by atoms with van der Waals surface area (Å²) in [4.78, 5) is 0. The molecule has 2 aromatic heterocycles. The lowest BCUT2D eigenvalue weighted by molar-refractivity contribution is 0.491. The van der Waals surface area contributed by atoms with E-state index in [2.05, 4.69) is 54.2 Å². The first-order valence-electron chi connectivity index (χ1n) is 7.49. The molecular formula is C16H25N3S. The van der Waals surface area contributed by atoms with Crippen LogP contribution < -0.4 is 5.32 Å². The van der Waals surface area contributed by atoms with Crippen LogP contribution in [0.5, 0.6) is 0 Å². The number of thiophene rings is 1. The van der Waals surface area contributed by atoms with E-state index in [-0.39, 0.29) is 0 Å². The molecule has 0 aliphatic carbocycles. The van der Waals surface area contributed by atoms with E-state index in [0.717, 1.165) is 25.8 Å². The van der Waals surface area contributed by atoms with Gasteiger partial charge in [0.15, 0.2) is 0 Å². The van der Waals surface area contributed by atoms with Gasteiger partial charge in [-0.3, -0.25) is 4.68 Å². The van der Waals surface area contributed by atoms with Gasteiger partial charge < -0.3 is 5.32 Å². The van der Waals surface area contributed by atoms with Crippen molar-refractivity contribution in [1.82, 2.24) is 15.1 Å². The third-order valence-electron chi connectivity index (χ3n) is 3.59. The summed E-state index contributed by atoms with van der Waals surface area (Å²) in [5.74, 6) is 0. The highest BCUT2D eigenvalue weighted by Crippen LogP contribution is 2.13. The summed E-state index contributed by atoms with van der Waals surface area (Å²) in [6, 6.07) is 4.96. The van der Waals surface area contributed by atoms with Gasteiger partial charge in [0.05, 0.1) is 5.69 Å². The summed E-state index contributed by atoms with van der Waals surface area (Å²) in [5.41, 5.74) is 3.94. The highest BCUT2D eigenvalue weighted by atomic mass is 32.1. The molecule has 0 saturated heterocycles. The van der Waals surface area contributed by atoms with Gasteiger partial charge in [0, 0.05) is 25.2 Å². The maximum absolute atomic E-state index is 4.55. The second-order valence-electron chi connectivity index (χ2n) is 5.30. The molecule has 1 unspecified atom stereocenters. The van der Waals surface area contributed by atoms with Gasteiger partial charge in [-0.1, -0.05) is 13.8 Å². The van der Waals surface area contributed by atoms with Crippen LogP contribution in [0.15, 0.2) is 22.9 Å². The Kier molecular flexibility index (Phi) is 5.80. The van der Waals surface area contributed by atoms with Crippen LogP contribution in [0.3, 0.4) is 0 Å². The molecule has 4 heteroatoms. The van der Waals surface area contributed by atoms with E-state index >= 15 is 0 Å². The maximum atomic E-state index is 4.55. The molecule has 1 N–H and O–H groups in total. The van der Waals surface area contributed by atoms with Crippen LogP contribution in [0.25, 0.3) is 0 Å². The molecule has 0 fully saturated rings. The van der Waals surface area contributed by atoms with E-state index in [1.807, 2.05) is 4.68 Å². The highest BCUT2D eigenvalue weighted by Gasteiger charge is 2.13. The first-order chi connectivity index (χ1) is 9.72. The molecule has 2 heterocycles. The van der Waals surface area contributed by atoms with Crippen LogP contribution in [-0.2, 0) is 26.3 Å². The number of hydrogen-bond donors (Lipinski definition) is 1. The summed E-state index contributed by atoms with van der Waals surface area (Å²) < 4.78 is 2.03. The van der Waals surface area contributed by atoms with Gasteiger partial charge in [-0.2, -0.15) is 16.4 Å². The Bertz CT molecular complexity index is 502. The molecule has 0 aliphatic rings. The molecule has 3 nitrogen and oxygen atoms in total. The summed E-state index contributed by atoms with van der Waals surface area (Å²) in [5, 5.41) is 12.6. The van der Waals surface area contributed by atoms with Gasteiger partial charge in [0.2, 0.25) is 0 Å². The smallest absolute Gasteiger partial charge is 0.0624 e. The second kappa shape index (κ2) is 7.60. The number of rotatable bonds is 8. The Morgan fingerprint density at radius 1 is 1.35 bits per heavy atom. The van der Waals surface area contributed by atoms with Crippen LogP contribution in [-0.4, -0.2) is 22.4 Å². The third-order valence-corrected chi connectivity index (χ3v) is 4.32. The molecule has 0 aromatic carbocycles. The predicted octanol–water partition coefficient (Wildman–Crippen LogP) is 3.20. The molecule has 110 valence electrons. The maximum Gasteiger partial charge on any atom is 0.0624 e. The van der Waals surface area contributed by atoms with Crippen molar-refractivity contribution in [2.24, 2.45) is 7.05 Å². The predicted molar refractivity (Wildman–Crippen MR) is 86.4 cm³/mol. The van der Waals surface area contributed by atoms with Gasteiger partial charge in [-0.05, 0) is 54.3 Å². The van der Waals surface area contributed by atoms with Gasteiger partial charge in [0.1, 0.15) is 0 Å². The summed E-state index contributed by atoms with van der Waals surface area (Å²) in [6.45, 7) is 5.45. The number of nitrogens with one attached hydrogen (secondary N) is 1. The topological polar surface area (TPSA) is 29.9 Å². The van der Waals surface area contributed by atoms with E-state index in [4.69, 9.17) is 0 Å². The first kappa shape index (κ1) is 15.3. The zero-order valence-corrected chi connectivity index (χ0v) is 13.5. The number of aryl methyl sites for hydroxylation is 2. The van der Waals surface area contributed by atoms with Gasteiger partial charge in [0.25, 0.3) is 0 Å². The van der Waals surface area contributed by atoms with Crippen molar-refractivity contribution in [2.75, 3.05) is 6.54 Å². The quantitative estimate of drug-likeness (QED) is 0.809. The van der Waals surface area contributed by atoms with Crippen molar-refractivity contribution in [3.8, 4) is 0 Å². The van der Waals surface area contributed by atoms with Crippen LogP contribution in [0, 0.1) is 0 Å². The third kappa shape index (κ3) is 4.18. The minimum absolute atomic E-state index is 0.490. The van der Waals surface area contributed by atoms with Crippen LogP contribution in [0.4, 0.5) is 0 Å². The monoisotopic (exact) mass is 291 g/mol. The van der Waals surface area contributed by atoms with E-state index in [1.165, 1.54) is 23.4 Å². The fourth-order valence-corrected chi connectivity index (χ4v) is 3.13. The Balaban J connectivity index is 2.03. The average Bonchev–Trinajstić information content (AvgIpc) is 3.06. The largest absolute Gasteiger partial charge is 0.313 e. The van der Waals surface area contributed by atoms with Crippen molar-refractivity contribution in [2.45, 2.75) is 45.6 Å². The summed E-state index contributed by atoms with van der Waals surface area (Å²) >= 11 is 1.78. The zero-order valence-electron chi connectivity index (χ0n) is 12.7. The Morgan fingerprint density at radius 2 is 2.20 bits per heavy atom. The lowest BCUT2D eigenvalue weighted by atomic mass is 10.0. The van der Waals surface area contributed by atoms with Crippen molar-refractivity contribution in [3.05, 3.63) is 39.8 Å². The Hall–Kier alpha value is -1.13. The second-order valence-corrected chi connectivity index (χ2v) is 6.08. The molecule has 0 saturated carbocycles. The molecular weight excluding hydrogens is 266 g/mol. The van der Waals surface area contributed by atoms with Crippen LogP contribution >= 0.6 is 11.3 Å². The van der Waals surface area contributed by atoms with E-state index < -0.39 is 0 Å². The van der Waals surface area contributed by atoms with Crippen molar-refractivity contribution >= 4 is 11.3 Å². The van der Waals surface area contributed by atoms with E-state index in [9.17, 15) is 0 Å². The lowest BCUT2D eigenvalue weighted by Gasteiger charge is -2.18. The number of hydrogen-bond acceptors (Lipinski definition) is 3. The van der Waals surface area contributed by atoms with Crippen LogP contribution in [0.2, 0.25) is 0 Å².